The summed E-state index contributed by atoms with van der Waals surface area (Å²) in [6.45, 7) is 5.40. The monoisotopic (exact) mass is 260 g/mol. The predicted molar refractivity (Wildman–Crippen MR) is 77.1 cm³/mol. The second-order valence-corrected chi connectivity index (χ2v) is 5.93. The van der Waals surface area contributed by atoms with Crippen LogP contribution in [0.15, 0.2) is 12.1 Å². The maximum atomic E-state index is 4.44. The van der Waals surface area contributed by atoms with Gasteiger partial charge in [-0.25, -0.2) is 0 Å². The lowest BCUT2D eigenvalue weighted by Crippen LogP contribution is -2.35. The van der Waals surface area contributed by atoms with E-state index in [1.807, 2.05) is 0 Å². The lowest BCUT2D eigenvalue weighted by atomic mass is 10.1. The molecule has 0 amide bonds. The van der Waals surface area contributed by atoms with E-state index in [0.717, 1.165) is 24.1 Å². The zero-order valence-electron chi connectivity index (χ0n) is 12.0. The molecule has 4 nitrogen and oxygen atoms in total. The number of nitrogens with one attached hydrogen (secondary N) is 1. The van der Waals surface area contributed by atoms with Gasteiger partial charge in [-0.2, -0.15) is 5.10 Å². The Labute approximate surface area is 115 Å². The number of aromatic nitrogens is 2. The number of hydrogen-bond donors (Lipinski definition) is 1. The minimum Gasteiger partial charge on any atom is -0.349 e. The molecule has 0 spiro atoms. The second kappa shape index (κ2) is 5.45. The van der Waals surface area contributed by atoms with Crippen molar-refractivity contribution in [3.8, 4) is 0 Å². The van der Waals surface area contributed by atoms with E-state index in [2.05, 4.69) is 46.4 Å². The van der Waals surface area contributed by atoms with Crippen LogP contribution in [0.1, 0.15) is 51.6 Å². The molecule has 2 aliphatic rings. The molecule has 2 heterocycles. The smallest absolute Gasteiger partial charge is 0.151 e. The summed E-state index contributed by atoms with van der Waals surface area (Å²) in [4.78, 5) is 2.45. The van der Waals surface area contributed by atoms with Gasteiger partial charge in [-0.05, 0) is 51.2 Å². The third-order valence-corrected chi connectivity index (χ3v) is 4.38. The fraction of sp³-hybridized carbons (Fsp3) is 0.733. The van der Waals surface area contributed by atoms with Crippen molar-refractivity contribution in [3.05, 3.63) is 17.8 Å². The Morgan fingerprint density at radius 3 is 2.68 bits per heavy atom. The standard InChI is InChI=1S/C15H24N4/c1-3-14-8-4-11(2)19(14)15-9-7-13(17-18-15)10-16-12-5-6-12/h7,9,11-12,14,16H,3-6,8,10H2,1-2H3. The van der Waals surface area contributed by atoms with Gasteiger partial charge in [-0.15, -0.1) is 5.10 Å². The minimum atomic E-state index is 0.592. The molecule has 19 heavy (non-hydrogen) atoms. The van der Waals surface area contributed by atoms with Gasteiger partial charge in [0.05, 0.1) is 5.69 Å². The Kier molecular flexibility index (Phi) is 3.69. The molecule has 104 valence electrons. The Morgan fingerprint density at radius 1 is 1.21 bits per heavy atom. The minimum absolute atomic E-state index is 0.592. The summed E-state index contributed by atoms with van der Waals surface area (Å²) in [7, 11) is 0. The van der Waals surface area contributed by atoms with Crippen molar-refractivity contribution in [2.24, 2.45) is 0 Å². The van der Waals surface area contributed by atoms with Gasteiger partial charge in [0.1, 0.15) is 0 Å². The van der Waals surface area contributed by atoms with Crippen LogP contribution in [-0.4, -0.2) is 28.3 Å². The number of anilines is 1. The average Bonchev–Trinajstić information content (AvgIpc) is 3.19. The molecule has 1 saturated heterocycles. The van der Waals surface area contributed by atoms with Crippen molar-refractivity contribution in [2.75, 3.05) is 4.90 Å². The molecule has 1 N–H and O–H groups in total. The van der Waals surface area contributed by atoms with E-state index >= 15 is 0 Å². The van der Waals surface area contributed by atoms with Gasteiger partial charge >= 0.3 is 0 Å². The first-order chi connectivity index (χ1) is 9.28. The second-order valence-electron chi connectivity index (χ2n) is 5.93. The van der Waals surface area contributed by atoms with Crippen molar-refractivity contribution in [1.82, 2.24) is 15.5 Å². The van der Waals surface area contributed by atoms with Crippen molar-refractivity contribution < 1.29 is 0 Å². The molecule has 0 radical (unpaired) electrons. The van der Waals surface area contributed by atoms with Gasteiger partial charge in [0.2, 0.25) is 0 Å². The Morgan fingerprint density at radius 2 is 2.05 bits per heavy atom. The largest absolute Gasteiger partial charge is 0.349 e. The Bertz CT molecular complexity index is 413. The van der Waals surface area contributed by atoms with Crippen LogP contribution in [0.5, 0.6) is 0 Å². The topological polar surface area (TPSA) is 41.0 Å². The van der Waals surface area contributed by atoms with E-state index in [1.54, 1.807) is 0 Å². The van der Waals surface area contributed by atoms with E-state index in [9.17, 15) is 0 Å². The number of nitrogens with zero attached hydrogens (tertiary/aromatic N) is 3. The highest BCUT2D eigenvalue weighted by Gasteiger charge is 2.30. The summed E-state index contributed by atoms with van der Waals surface area (Å²) in [5.74, 6) is 1.05. The van der Waals surface area contributed by atoms with Crippen molar-refractivity contribution in [3.63, 3.8) is 0 Å². The predicted octanol–water partition coefficient (Wildman–Crippen LogP) is 2.50. The van der Waals surface area contributed by atoms with Crippen LogP contribution in [0.3, 0.4) is 0 Å². The molecule has 3 rings (SSSR count). The molecule has 1 aliphatic heterocycles. The lowest BCUT2D eigenvalue weighted by Gasteiger charge is -2.28. The van der Waals surface area contributed by atoms with Crippen molar-refractivity contribution in [1.29, 1.82) is 0 Å². The molecule has 2 atom stereocenters. The van der Waals surface area contributed by atoms with Gasteiger partial charge < -0.3 is 10.2 Å². The first-order valence-corrected chi connectivity index (χ1v) is 7.62. The van der Waals surface area contributed by atoms with Crippen LogP contribution >= 0.6 is 0 Å². The van der Waals surface area contributed by atoms with Crippen LogP contribution in [0.25, 0.3) is 0 Å². The molecule has 0 bridgehead atoms. The number of rotatable bonds is 5. The third kappa shape index (κ3) is 2.89. The Balaban J connectivity index is 1.66. The van der Waals surface area contributed by atoms with Crippen LogP contribution in [0.4, 0.5) is 5.82 Å². The molecule has 1 aromatic rings. The highest BCUT2D eigenvalue weighted by atomic mass is 15.3. The quantitative estimate of drug-likeness (QED) is 0.883. The number of hydrogen-bond acceptors (Lipinski definition) is 4. The van der Waals surface area contributed by atoms with Gasteiger partial charge in [-0.1, -0.05) is 6.92 Å². The van der Waals surface area contributed by atoms with E-state index in [-0.39, 0.29) is 0 Å². The fourth-order valence-corrected chi connectivity index (χ4v) is 3.01. The summed E-state index contributed by atoms with van der Waals surface area (Å²) in [5, 5.41) is 12.3. The summed E-state index contributed by atoms with van der Waals surface area (Å²) < 4.78 is 0. The van der Waals surface area contributed by atoms with Crippen LogP contribution in [-0.2, 0) is 6.54 Å². The van der Waals surface area contributed by atoms with E-state index < -0.39 is 0 Å². The highest BCUT2D eigenvalue weighted by Crippen LogP contribution is 2.30. The van der Waals surface area contributed by atoms with Crippen molar-refractivity contribution >= 4 is 5.82 Å². The van der Waals surface area contributed by atoms with Gasteiger partial charge in [-0.3, -0.25) is 0 Å². The Hall–Kier alpha value is -1.16. The molecule has 0 aromatic carbocycles. The normalized spacial score (nSPS) is 26.9. The molecule has 1 saturated carbocycles. The maximum Gasteiger partial charge on any atom is 0.151 e. The molecule has 1 aliphatic carbocycles. The van der Waals surface area contributed by atoms with E-state index in [0.29, 0.717) is 12.1 Å². The zero-order valence-corrected chi connectivity index (χ0v) is 12.0. The maximum absolute atomic E-state index is 4.44. The molecule has 2 fully saturated rings. The van der Waals surface area contributed by atoms with Crippen LogP contribution in [0, 0.1) is 0 Å². The van der Waals surface area contributed by atoms with Gasteiger partial charge in [0.15, 0.2) is 5.82 Å². The van der Waals surface area contributed by atoms with Crippen LogP contribution in [0.2, 0.25) is 0 Å². The van der Waals surface area contributed by atoms with E-state index in [1.165, 1.54) is 32.1 Å². The van der Waals surface area contributed by atoms with Gasteiger partial charge in [0, 0.05) is 24.7 Å². The fourth-order valence-electron chi connectivity index (χ4n) is 3.01. The molecular formula is C15H24N4. The van der Waals surface area contributed by atoms with Crippen molar-refractivity contribution in [2.45, 2.75) is 70.6 Å². The molecule has 1 aromatic heterocycles. The summed E-state index contributed by atoms with van der Waals surface area (Å²) in [6.07, 6.45) is 6.37. The highest BCUT2D eigenvalue weighted by molar-refractivity contribution is 5.41. The first kappa shape index (κ1) is 12.9. The van der Waals surface area contributed by atoms with Gasteiger partial charge in [0.25, 0.3) is 0 Å². The molecule has 2 unspecified atom stereocenters. The van der Waals surface area contributed by atoms with E-state index in [4.69, 9.17) is 0 Å². The average molecular weight is 260 g/mol. The third-order valence-electron chi connectivity index (χ3n) is 4.38. The summed E-state index contributed by atoms with van der Waals surface area (Å²) in [6, 6.07) is 6.22. The summed E-state index contributed by atoms with van der Waals surface area (Å²) in [5.41, 5.74) is 1.05. The summed E-state index contributed by atoms with van der Waals surface area (Å²) >= 11 is 0. The molecule has 4 heteroatoms. The lowest BCUT2D eigenvalue weighted by molar-refractivity contribution is 0.612. The molecular weight excluding hydrogens is 236 g/mol. The first-order valence-electron chi connectivity index (χ1n) is 7.62. The van der Waals surface area contributed by atoms with Crippen LogP contribution < -0.4 is 10.2 Å². The SMILES string of the molecule is CCC1CCC(C)N1c1ccc(CNC2CC2)nn1. The zero-order chi connectivity index (χ0) is 13.2.